The fourth-order valence-electron chi connectivity index (χ4n) is 3.30. The van der Waals surface area contributed by atoms with E-state index in [4.69, 9.17) is 0 Å². The molecule has 1 aromatic carbocycles. The highest BCUT2D eigenvalue weighted by atomic mass is 127. The van der Waals surface area contributed by atoms with Crippen LogP contribution in [0.4, 0.5) is 0 Å². The summed E-state index contributed by atoms with van der Waals surface area (Å²) in [6.07, 6.45) is 9.02. The lowest BCUT2D eigenvalue weighted by atomic mass is 9.67. The van der Waals surface area contributed by atoms with Crippen molar-refractivity contribution in [1.29, 1.82) is 0 Å². The standard InChI is InChI=1S/C19H27N5.HI/c1-3-19(10-6-11-19)15-22-18(20-2)21-14-16-8-4-5-9-17(16)24-13-7-12-23-24;/h4-5,7-9,12-13H,3,6,10-11,14-15H2,1-2H3,(H2,20,21,22);1H. The van der Waals surface area contributed by atoms with Crippen molar-refractivity contribution in [3.63, 3.8) is 0 Å². The first-order chi connectivity index (χ1) is 11.8. The van der Waals surface area contributed by atoms with Crippen LogP contribution >= 0.6 is 24.0 Å². The normalized spacial score (nSPS) is 15.8. The Morgan fingerprint density at radius 3 is 2.64 bits per heavy atom. The molecule has 0 saturated heterocycles. The van der Waals surface area contributed by atoms with Crippen LogP contribution in [-0.2, 0) is 6.54 Å². The summed E-state index contributed by atoms with van der Waals surface area (Å²) in [4.78, 5) is 4.36. The Balaban J connectivity index is 0.00000225. The van der Waals surface area contributed by atoms with Crippen molar-refractivity contribution in [3.8, 4) is 5.69 Å². The molecular weight excluding hydrogens is 425 g/mol. The molecule has 0 radical (unpaired) electrons. The fraction of sp³-hybridized carbons (Fsp3) is 0.474. The Kier molecular flexibility index (Phi) is 7.28. The van der Waals surface area contributed by atoms with Gasteiger partial charge in [0.15, 0.2) is 5.96 Å². The summed E-state index contributed by atoms with van der Waals surface area (Å²) in [7, 11) is 1.83. The van der Waals surface area contributed by atoms with Gasteiger partial charge < -0.3 is 10.6 Å². The lowest BCUT2D eigenvalue weighted by Gasteiger charge is -2.41. The van der Waals surface area contributed by atoms with Crippen molar-refractivity contribution >= 4 is 29.9 Å². The van der Waals surface area contributed by atoms with Gasteiger partial charge in [-0.25, -0.2) is 4.68 Å². The average molecular weight is 453 g/mol. The molecule has 6 heteroatoms. The molecule has 1 saturated carbocycles. The Morgan fingerprint density at radius 2 is 2.04 bits per heavy atom. The second-order valence-corrected chi connectivity index (χ2v) is 6.57. The van der Waals surface area contributed by atoms with Gasteiger partial charge >= 0.3 is 0 Å². The zero-order valence-corrected chi connectivity index (χ0v) is 17.4. The molecular formula is C19H28IN5. The number of hydrogen-bond acceptors (Lipinski definition) is 2. The minimum Gasteiger partial charge on any atom is -0.356 e. The van der Waals surface area contributed by atoms with Crippen LogP contribution in [0.3, 0.4) is 0 Å². The number of benzene rings is 1. The molecule has 1 aliphatic rings. The van der Waals surface area contributed by atoms with Crippen LogP contribution in [0, 0.1) is 5.41 Å². The highest BCUT2D eigenvalue weighted by molar-refractivity contribution is 14.0. The van der Waals surface area contributed by atoms with Crippen LogP contribution in [0.2, 0.25) is 0 Å². The van der Waals surface area contributed by atoms with Gasteiger partial charge in [-0.2, -0.15) is 5.10 Å². The molecule has 0 atom stereocenters. The van der Waals surface area contributed by atoms with Crippen molar-refractivity contribution in [2.24, 2.45) is 10.4 Å². The molecule has 0 aliphatic heterocycles. The fourth-order valence-corrected chi connectivity index (χ4v) is 3.30. The van der Waals surface area contributed by atoms with Crippen molar-refractivity contribution in [2.45, 2.75) is 39.2 Å². The van der Waals surface area contributed by atoms with Gasteiger partial charge in [-0.1, -0.05) is 31.5 Å². The molecule has 25 heavy (non-hydrogen) atoms. The number of hydrogen-bond donors (Lipinski definition) is 2. The van der Waals surface area contributed by atoms with E-state index < -0.39 is 0 Å². The van der Waals surface area contributed by atoms with E-state index >= 15 is 0 Å². The average Bonchev–Trinajstić information content (AvgIpc) is 3.11. The van der Waals surface area contributed by atoms with E-state index in [2.05, 4.69) is 45.8 Å². The number of aliphatic imine (C=N–C) groups is 1. The van der Waals surface area contributed by atoms with Crippen LogP contribution in [-0.4, -0.2) is 29.3 Å². The molecule has 0 amide bonds. The van der Waals surface area contributed by atoms with Gasteiger partial charge in [-0.15, -0.1) is 24.0 Å². The number of halogens is 1. The first-order valence-electron chi connectivity index (χ1n) is 8.79. The van der Waals surface area contributed by atoms with Gasteiger partial charge in [-0.05, 0) is 42.4 Å². The Labute approximate surface area is 167 Å². The van der Waals surface area contributed by atoms with E-state index in [9.17, 15) is 0 Å². The number of rotatable bonds is 6. The molecule has 1 heterocycles. The maximum absolute atomic E-state index is 4.36. The maximum atomic E-state index is 4.36. The summed E-state index contributed by atoms with van der Waals surface area (Å²) in [5, 5.41) is 11.3. The Bertz CT molecular complexity index is 671. The minimum absolute atomic E-state index is 0. The molecule has 1 aliphatic carbocycles. The molecule has 2 N–H and O–H groups in total. The highest BCUT2D eigenvalue weighted by Crippen LogP contribution is 2.42. The quantitative estimate of drug-likeness (QED) is 0.398. The second-order valence-electron chi connectivity index (χ2n) is 6.57. The van der Waals surface area contributed by atoms with Crippen molar-refractivity contribution < 1.29 is 0 Å². The van der Waals surface area contributed by atoms with E-state index in [0.717, 1.165) is 24.7 Å². The van der Waals surface area contributed by atoms with Crippen molar-refractivity contribution in [1.82, 2.24) is 20.4 Å². The first-order valence-corrected chi connectivity index (χ1v) is 8.79. The molecule has 0 spiro atoms. The van der Waals surface area contributed by atoms with E-state index in [1.807, 2.05) is 30.1 Å². The van der Waals surface area contributed by atoms with Gasteiger partial charge in [0.2, 0.25) is 0 Å². The largest absolute Gasteiger partial charge is 0.356 e. The third-order valence-corrected chi connectivity index (χ3v) is 5.21. The topological polar surface area (TPSA) is 54.2 Å². The Morgan fingerprint density at radius 1 is 1.24 bits per heavy atom. The maximum Gasteiger partial charge on any atom is 0.191 e. The van der Waals surface area contributed by atoms with Gasteiger partial charge in [0, 0.05) is 32.5 Å². The molecule has 0 bridgehead atoms. The van der Waals surface area contributed by atoms with Crippen molar-refractivity contribution in [2.75, 3.05) is 13.6 Å². The second kappa shape index (κ2) is 9.22. The summed E-state index contributed by atoms with van der Waals surface area (Å²) in [6.45, 7) is 4.01. The van der Waals surface area contributed by atoms with Crippen LogP contribution in [0.1, 0.15) is 38.2 Å². The highest BCUT2D eigenvalue weighted by Gasteiger charge is 2.34. The van der Waals surface area contributed by atoms with E-state index in [0.29, 0.717) is 5.41 Å². The number of nitrogens with zero attached hydrogens (tertiary/aromatic N) is 3. The zero-order chi connectivity index (χ0) is 16.8. The molecule has 0 unspecified atom stereocenters. The molecule has 3 rings (SSSR count). The number of guanidine groups is 1. The van der Waals surface area contributed by atoms with Crippen LogP contribution in [0.15, 0.2) is 47.7 Å². The van der Waals surface area contributed by atoms with Crippen molar-refractivity contribution in [3.05, 3.63) is 48.3 Å². The zero-order valence-electron chi connectivity index (χ0n) is 15.0. The van der Waals surface area contributed by atoms with E-state index in [-0.39, 0.29) is 24.0 Å². The van der Waals surface area contributed by atoms with Crippen LogP contribution < -0.4 is 10.6 Å². The molecule has 1 aromatic heterocycles. The molecule has 5 nitrogen and oxygen atoms in total. The van der Waals surface area contributed by atoms with Crippen LogP contribution in [0.25, 0.3) is 5.69 Å². The summed E-state index contributed by atoms with van der Waals surface area (Å²) in [6, 6.07) is 10.2. The lowest BCUT2D eigenvalue weighted by Crippen LogP contribution is -2.46. The summed E-state index contributed by atoms with van der Waals surface area (Å²) in [5.41, 5.74) is 2.76. The number of para-hydroxylation sites is 1. The summed E-state index contributed by atoms with van der Waals surface area (Å²) in [5.74, 6) is 0.866. The third-order valence-electron chi connectivity index (χ3n) is 5.21. The van der Waals surface area contributed by atoms with E-state index in [1.165, 1.54) is 31.2 Å². The molecule has 136 valence electrons. The SMILES string of the molecule is CCC1(CNC(=NC)NCc2ccccc2-n2cccn2)CCC1.I. The smallest absolute Gasteiger partial charge is 0.191 e. The summed E-state index contributed by atoms with van der Waals surface area (Å²) < 4.78 is 1.90. The predicted octanol–water partition coefficient (Wildman–Crippen LogP) is 3.74. The monoisotopic (exact) mass is 453 g/mol. The van der Waals surface area contributed by atoms with Gasteiger partial charge in [-0.3, -0.25) is 4.99 Å². The van der Waals surface area contributed by atoms with Gasteiger partial charge in [0.25, 0.3) is 0 Å². The minimum atomic E-state index is 0. The van der Waals surface area contributed by atoms with Gasteiger partial charge in [0.05, 0.1) is 5.69 Å². The van der Waals surface area contributed by atoms with Gasteiger partial charge in [0.1, 0.15) is 0 Å². The lowest BCUT2D eigenvalue weighted by molar-refractivity contribution is 0.131. The number of aromatic nitrogens is 2. The molecule has 2 aromatic rings. The molecule has 1 fully saturated rings. The predicted molar refractivity (Wildman–Crippen MR) is 114 cm³/mol. The first kappa shape index (κ1) is 19.8. The number of nitrogens with one attached hydrogen (secondary N) is 2. The Hall–Kier alpha value is -1.57. The van der Waals surface area contributed by atoms with E-state index in [1.54, 1.807) is 6.20 Å². The third kappa shape index (κ3) is 4.74. The van der Waals surface area contributed by atoms with Crippen LogP contribution in [0.5, 0.6) is 0 Å². The summed E-state index contributed by atoms with van der Waals surface area (Å²) >= 11 is 0.